The summed E-state index contributed by atoms with van der Waals surface area (Å²) in [7, 11) is 4.02. The van der Waals surface area contributed by atoms with Crippen molar-refractivity contribution in [2.45, 2.75) is 25.4 Å². The molecule has 7 heteroatoms. The molecule has 0 saturated carbocycles. The van der Waals surface area contributed by atoms with E-state index in [1.807, 2.05) is 35.6 Å². The molecule has 2 atom stereocenters. The number of thiophene rings is 1. The molecule has 0 bridgehead atoms. The number of hydrogen-bond acceptors (Lipinski definition) is 4. The highest BCUT2D eigenvalue weighted by atomic mass is 127. The van der Waals surface area contributed by atoms with Gasteiger partial charge in [-0.25, -0.2) is 0 Å². The lowest BCUT2D eigenvalue weighted by molar-refractivity contribution is 0.125. The van der Waals surface area contributed by atoms with Crippen LogP contribution in [0.3, 0.4) is 0 Å². The fraction of sp³-hybridized carbons (Fsp3) is 0.429. The fourth-order valence-electron chi connectivity index (χ4n) is 3.77. The van der Waals surface area contributed by atoms with Crippen molar-refractivity contribution in [1.29, 1.82) is 5.26 Å². The Labute approximate surface area is 188 Å². The molecule has 2 unspecified atom stereocenters. The molecule has 1 aliphatic rings. The first kappa shape index (κ1) is 22.7. The van der Waals surface area contributed by atoms with Gasteiger partial charge in [-0.15, -0.1) is 35.3 Å². The number of likely N-dealkylation sites (tertiary alicyclic amines) is 1. The van der Waals surface area contributed by atoms with Crippen molar-refractivity contribution >= 4 is 41.3 Å². The quantitative estimate of drug-likeness (QED) is 0.364. The molecular formula is C21H28IN5S. The molecular weight excluding hydrogens is 481 g/mol. The molecule has 1 aromatic heterocycles. The number of hydrogen-bond donors (Lipinski definition) is 2. The van der Waals surface area contributed by atoms with Crippen LogP contribution < -0.4 is 10.6 Å². The Morgan fingerprint density at radius 2 is 2.18 bits per heavy atom. The number of benzene rings is 1. The van der Waals surface area contributed by atoms with E-state index in [2.05, 4.69) is 51.2 Å². The second-order valence-electron chi connectivity index (χ2n) is 6.96. The summed E-state index contributed by atoms with van der Waals surface area (Å²) in [5.41, 5.74) is 1.76. The Hall–Kier alpha value is -1.63. The van der Waals surface area contributed by atoms with Crippen molar-refractivity contribution in [3.05, 3.63) is 57.8 Å². The molecule has 0 spiro atoms. The van der Waals surface area contributed by atoms with E-state index in [1.165, 1.54) is 17.7 Å². The molecule has 1 fully saturated rings. The van der Waals surface area contributed by atoms with Crippen molar-refractivity contribution in [1.82, 2.24) is 15.5 Å². The molecule has 5 nitrogen and oxygen atoms in total. The van der Waals surface area contributed by atoms with Gasteiger partial charge in [-0.3, -0.25) is 9.89 Å². The van der Waals surface area contributed by atoms with Crippen LogP contribution in [-0.2, 0) is 6.54 Å². The third kappa shape index (κ3) is 5.93. The van der Waals surface area contributed by atoms with Crippen molar-refractivity contribution in [2.75, 3.05) is 27.2 Å². The molecule has 2 heterocycles. The molecule has 0 amide bonds. The van der Waals surface area contributed by atoms with Gasteiger partial charge >= 0.3 is 0 Å². The first-order valence-corrected chi connectivity index (χ1v) is 10.3. The summed E-state index contributed by atoms with van der Waals surface area (Å²) in [5.74, 6) is 1.36. The van der Waals surface area contributed by atoms with Gasteiger partial charge in [0.25, 0.3) is 0 Å². The molecule has 2 N–H and O–H groups in total. The number of rotatable bonds is 5. The highest BCUT2D eigenvalue weighted by Gasteiger charge is 2.31. The molecule has 3 rings (SSSR count). The van der Waals surface area contributed by atoms with Gasteiger partial charge in [-0.2, -0.15) is 5.26 Å². The van der Waals surface area contributed by atoms with Crippen molar-refractivity contribution in [3.8, 4) is 6.07 Å². The molecule has 1 aliphatic heterocycles. The fourth-order valence-corrected chi connectivity index (χ4v) is 4.75. The largest absolute Gasteiger partial charge is 0.356 e. The van der Waals surface area contributed by atoms with Crippen LogP contribution in [0, 0.1) is 17.2 Å². The van der Waals surface area contributed by atoms with Gasteiger partial charge in [0.15, 0.2) is 5.96 Å². The zero-order valence-electron chi connectivity index (χ0n) is 16.4. The summed E-state index contributed by atoms with van der Waals surface area (Å²) < 4.78 is 0. The van der Waals surface area contributed by atoms with E-state index < -0.39 is 0 Å². The molecule has 150 valence electrons. The average molecular weight is 509 g/mol. The van der Waals surface area contributed by atoms with E-state index in [9.17, 15) is 0 Å². The zero-order valence-corrected chi connectivity index (χ0v) is 19.5. The lowest BCUT2D eigenvalue weighted by Crippen LogP contribution is -2.44. The number of nitriles is 1. The number of aliphatic imine (C=N–C) groups is 1. The predicted octanol–water partition coefficient (Wildman–Crippen LogP) is 3.99. The SMILES string of the molecule is CN=C(NCc1cccc(C#N)c1)NCC1CCCN(C)C1c1cccs1.I. The lowest BCUT2D eigenvalue weighted by atomic mass is 9.88. The summed E-state index contributed by atoms with van der Waals surface area (Å²) >= 11 is 1.85. The van der Waals surface area contributed by atoms with Crippen LogP contribution in [0.1, 0.15) is 34.9 Å². The highest BCUT2D eigenvalue weighted by molar-refractivity contribution is 14.0. The number of nitrogens with zero attached hydrogens (tertiary/aromatic N) is 3. The van der Waals surface area contributed by atoms with Gasteiger partial charge in [-0.05, 0) is 61.5 Å². The van der Waals surface area contributed by atoms with E-state index in [-0.39, 0.29) is 24.0 Å². The summed E-state index contributed by atoms with van der Waals surface area (Å²) in [4.78, 5) is 8.28. The van der Waals surface area contributed by atoms with Gasteiger partial charge < -0.3 is 10.6 Å². The number of piperidine rings is 1. The first-order valence-electron chi connectivity index (χ1n) is 9.38. The first-order chi connectivity index (χ1) is 13.2. The predicted molar refractivity (Wildman–Crippen MR) is 127 cm³/mol. The number of nitrogens with one attached hydrogen (secondary N) is 2. The molecule has 0 aliphatic carbocycles. The van der Waals surface area contributed by atoms with Crippen LogP contribution in [0.15, 0.2) is 46.8 Å². The van der Waals surface area contributed by atoms with Crippen molar-refractivity contribution in [3.63, 3.8) is 0 Å². The third-order valence-corrected chi connectivity index (χ3v) is 6.06. The van der Waals surface area contributed by atoms with E-state index in [4.69, 9.17) is 5.26 Å². The zero-order chi connectivity index (χ0) is 19.1. The minimum atomic E-state index is 0. The molecule has 1 aromatic carbocycles. The van der Waals surface area contributed by atoms with Gasteiger partial charge in [0.05, 0.1) is 11.6 Å². The van der Waals surface area contributed by atoms with Gasteiger partial charge in [0.2, 0.25) is 0 Å². The van der Waals surface area contributed by atoms with Gasteiger partial charge in [-0.1, -0.05) is 18.2 Å². The van der Waals surface area contributed by atoms with E-state index in [1.54, 1.807) is 7.05 Å². The average Bonchev–Trinajstić information content (AvgIpc) is 3.22. The summed E-state index contributed by atoms with van der Waals surface area (Å²) in [6.07, 6.45) is 2.46. The Balaban J connectivity index is 0.00000280. The smallest absolute Gasteiger partial charge is 0.191 e. The minimum absolute atomic E-state index is 0. The van der Waals surface area contributed by atoms with Crippen LogP contribution in [0.25, 0.3) is 0 Å². The Bertz CT molecular complexity index is 799. The minimum Gasteiger partial charge on any atom is -0.356 e. The molecule has 1 saturated heterocycles. The maximum Gasteiger partial charge on any atom is 0.191 e. The summed E-state index contributed by atoms with van der Waals surface area (Å²) in [6.45, 7) is 2.69. The number of halogens is 1. The number of guanidine groups is 1. The molecule has 2 aromatic rings. The van der Waals surface area contributed by atoms with E-state index >= 15 is 0 Å². The summed E-state index contributed by atoms with van der Waals surface area (Å²) in [5, 5.41) is 18.1. The topological polar surface area (TPSA) is 63.5 Å². The highest BCUT2D eigenvalue weighted by Crippen LogP contribution is 2.36. The van der Waals surface area contributed by atoms with Crippen LogP contribution in [0.4, 0.5) is 0 Å². The maximum absolute atomic E-state index is 9.03. The maximum atomic E-state index is 9.03. The Morgan fingerprint density at radius 3 is 2.89 bits per heavy atom. The monoisotopic (exact) mass is 509 g/mol. The van der Waals surface area contributed by atoms with Crippen molar-refractivity contribution in [2.24, 2.45) is 10.9 Å². The van der Waals surface area contributed by atoms with Gasteiger partial charge in [0, 0.05) is 31.1 Å². The Morgan fingerprint density at radius 1 is 1.32 bits per heavy atom. The molecule has 0 radical (unpaired) electrons. The van der Waals surface area contributed by atoms with E-state index in [0.29, 0.717) is 24.1 Å². The van der Waals surface area contributed by atoms with Gasteiger partial charge in [0.1, 0.15) is 0 Å². The normalized spacial score (nSPS) is 20.1. The Kier molecular flexibility index (Phi) is 9.22. The standard InChI is InChI=1S/C21H27N5S.HI/c1-23-21(24-14-17-7-3-6-16(12-17)13-22)25-15-18-8-4-10-26(2)20(18)19-9-5-11-27-19;/h3,5-7,9,11-12,18,20H,4,8,10,14-15H2,1-2H3,(H2,23,24,25);1H. The van der Waals surface area contributed by atoms with Crippen LogP contribution in [-0.4, -0.2) is 38.0 Å². The van der Waals surface area contributed by atoms with Crippen LogP contribution in [0.2, 0.25) is 0 Å². The second kappa shape index (κ2) is 11.4. The van der Waals surface area contributed by atoms with Crippen molar-refractivity contribution < 1.29 is 0 Å². The second-order valence-corrected chi connectivity index (χ2v) is 7.94. The van der Waals surface area contributed by atoms with Crippen LogP contribution in [0.5, 0.6) is 0 Å². The van der Waals surface area contributed by atoms with Crippen LogP contribution >= 0.6 is 35.3 Å². The molecule has 28 heavy (non-hydrogen) atoms. The van der Waals surface area contributed by atoms with E-state index in [0.717, 1.165) is 24.6 Å². The summed E-state index contributed by atoms with van der Waals surface area (Å²) in [6, 6.07) is 14.7. The lowest BCUT2D eigenvalue weighted by Gasteiger charge is -2.39. The third-order valence-electron chi connectivity index (χ3n) is 5.11.